The van der Waals surface area contributed by atoms with Crippen molar-refractivity contribution in [3.05, 3.63) is 29.8 Å². The molecule has 3 rings (SSSR count). The van der Waals surface area contributed by atoms with Crippen molar-refractivity contribution in [3.8, 4) is 5.75 Å². The van der Waals surface area contributed by atoms with E-state index in [4.69, 9.17) is 10.5 Å². The molecule has 0 saturated heterocycles. The second kappa shape index (κ2) is 5.20. The van der Waals surface area contributed by atoms with Gasteiger partial charge in [0.2, 0.25) is 0 Å². The Hall–Kier alpha value is -1.23. The van der Waals surface area contributed by atoms with E-state index in [1.807, 2.05) is 0 Å². The Morgan fingerprint density at radius 2 is 1.76 bits per heavy atom. The Morgan fingerprint density at radius 3 is 2.38 bits per heavy atom. The molecule has 0 bridgehead atoms. The molecule has 1 aromatic carbocycles. The summed E-state index contributed by atoms with van der Waals surface area (Å²) in [4.78, 5) is 0. The Morgan fingerprint density at radius 1 is 1.10 bits per heavy atom. The molecule has 21 heavy (non-hydrogen) atoms. The molecule has 2 nitrogen and oxygen atoms in total. The van der Waals surface area contributed by atoms with Gasteiger partial charge in [0.1, 0.15) is 11.9 Å². The van der Waals surface area contributed by atoms with Gasteiger partial charge in [-0.3, -0.25) is 0 Å². The molecule has 2 aliphatic carbocycles. The number of halogens is 3. The molecule has 1 spiro atoms. The minimum absolute atomic E-state index is 0.0563. The summed E-state index contributed by atoms with van der Waals surface area (Å²) in [6.45, 7) is 0. The van der Waals surface area contributed by atoms with Crippen LogP contribution < -0.4 is 10.5 Å². The van der Waals surface area contributed by atoms with Crippen molar-refractivity contribution >= 4 is 0 Å². The van der Waals surface area contributed by atoms with Gasteiger partial charge in [-0.1, -0.05) is 31.4 Å². The van der Waals surface area contributed by atoms with Crippen molar-refractivity contribution in [3.63, 3.8) is 0 Å². The Bertz CT molecular complexity index is 508. The smallest absolute Gasteiger partial charge is 0.419 e. The van der Waals surface area contributed by atoms with Gasteiger partial charge in [0.05, 0.1) is 5.56 Å². The molecule has 0 aromatic heterocycles. The molecule has 0 heterocycles. The Labute approximate surface area is 122 Å². The first-order chi connectivity index (χ1) is 9.93. The highest BCUT2D eigenvalue weighted by atomic mass is 19.4. The topological polar surface area (TPSA) is 35.2 Å². The van der Waals surface area contributed by atoms with Gasteiger partial charge in [-0.25, -0.2) is 0 Å². The lowest BCUT2D eigenvalue weighted by Crippen LogP contribution is -2.64. The number of hydrogen-bond donors (Lipinski definition) is 1. The summed E-state index contributed by atoms with van der Waals surface area (Å²) in [5.74, 6) is -0.0631. The third-order valence-electron chi connectivity index (χ3n) is 5.09. The maximum absolute atomic E-state index is 13.0. The van der Waals surface area contributed by atoms with Gasteiger partial charge < -0.3 is 10.5 Å². The lowest BCUT2D eigenvalue weighted by Gasteiger charge is -2.56. The fourth-order valence-electron chi connectivity index (χ4n) is 3.80. The molecule has 2 aliphatic rings. The van der Waals surface area contributed by atoms with Gasteiger partial charge in [-0.15, -0.1) is 0 Å². The molecule has 0 aliphatic heterocycles. The highest BCUT2D eigenvalue weighted by Gasteiger charge is 2.55. The average Bonchev–Trinajstić information content (AvgIpc) is 2.47. The number of rotatable bonds is 2. The van der Waals surface area contributed by atoms with Crippen molar-refractivity contribution in [1.82, 2.24) is 0 Å². The van der Waals surface area contributed by atoms with E-state index >= 15 is 0 Å². The van der Waals surface area contributed by atoms with E-state index in [1.54, 1.807) is 6.07 Å². The third kappa shape index (κ3) is 2.52. The second-order valence-corrected chi connectivity index (χ2v) is 6.24. The molecule has 2 N–H and O–H groups in total. The molecule has 2 saturated carbocycles. The van der Waals surface area contributed by atoms with Crippen LogP contribution in [0.4, 0.5) is 13.2 Å². The average molecular weight is 299 g/mol. The van der Waals surface area contributed by atoms with Crippen LogP contribution in [0.15, 0.2) is 24.3 Å². The fraction of sp³-hybridized carbons (Fsp3) is 0.625. The highest BCUT2D eigenvalue weighted by molar-refractivity contribution is 5.36. The van der Waals surface area contributed by atoms with E-state index in [0.29, 0.717) is 6.42 Å². The maximum atomic E-state index is 13.0. The number of hydrogen-bond acceptors (Lipinski definition) is 2. The maximum Gasteiger partial charge on any atom is 0.419 e. The van der Waals surface area contributed by atoms with Gasteiger partial charge in [0, 0.05) is 17.9 Å². The molecular formula is C16H20F3NO. The minimum Gasteiger partial charge on any atom is -0.489 e. The first kappa shape index (κ1) is 14.7. The van der Waals surface area contributed by atoms with E-state index in [0.717, 1.165) is 31.7 Å². The minimum atomic E-state index is -4.39. The van der Waals surface area contributed by atoms with Crippen molar-refractivity contribution in [2.24, 2.45) is 11.1 Å². The van der Waals surface area contributed by atoms with E-state index in [1.165, 1.54) is 18.6 Å². The molecule has 0 radical (unpaired) electrons. The predicted octanol–water partition coefficient (Wildman–Crippen LogP) is 4.13. The van der Waals surface area contributed by atoms with Crippen molar-refractivity contribution < 1.29 is 17.9 Å². The normalized spacial score (nSPS) is 28.2. The van der Waals surface area contributed by atoms with Crippen LogP contribution >= 0.6 is 0 Å². The van der Waals surface area contributed by atoms with Crippen LogP contribution in [-0.2, 0) is 6.18 Å². The number of ether oxygens (including phenoxy) is 1. The van der Waals surface area contributed by atoms with Crippen LogP contribution in [0.1, 0.15) is 44.1 Å². The first-order valence-electron chi connectivity index (χ1n) is 7.52. The first-order valence-corrected chi connectivity index (χ1v) is 7.52. The van der Waals surface area contributed by atoms with Gasteiger partial charge >= 0.3 is 6.18 Å². The third-order valence-corrected chi connectivity index (χ3v) is 5.09. The molecule has 116 valence electrons. The molecule has 1 aromatic rings. The van der Waals surface area contributed by atoms with E-state index in [-0.39, 0.29) is 23.3 Å². The van der Waals surface area contributed by atoms with Gasteiger partial charge in [-0.2, -0.15) is 13.2 Å². The lowest BCUT2D eigenvalue weighted by molar-refractivity contribution is -0.142. The van der Waals surface area contributed by atoms with Gasteiger partial charge in [0.25, 0.3) is 0 Å². The number of alkyl halides is 3. The van der Waals surface area contributed by atoms with Crippen molar-refractivity contribution in [2.75, 3.05) is 0 Å². The molecule has 5 heteroatoms. The van der Waals surface area contributed by atoms with Crippen LogP contribution in [0.3, 0.4) is 0 Å². The Kier molecular flexibility index (Phi) is 3.64. The second-order valence-electron chi connectivity index (χ2n) is 6.24. The monoisotopic (exact) mass is 299 g/mol. The zero-order valence-electron chi connectivity index (χ0n) is 11.8. The SMILES string of the molecule is NC1CC(Oc2ccccc2C(F)(F)F)C12CCCCC2. The van der Waals surface area contributed by atoms with E-state index in [9.17, 15) is 13.2 Å². The largest absolute Gasteiger partial charge is 0.489 e. The molecule has 2 unspecified atom stereocenters. The molecule has 0 amide bonds. The van der Waals surface area contributed by atoms with Crippen LogP contribution in [0, 0.1) is 5.41 Å². The predicted molar refractivity (Wildman–Crippen MR) is 74.0 cm³/mol. The summed E-state index contributed by atoms with van der Waals surface area (Å²) in [5, 5.41) is 0. The number of para-hydroxylation sites is 1. The van der Waals surface area contributed by atoms with Crippen LogP contribution in [0.5, 0.6) is 5.75 Å². The standard InChI is InChI=1S/C16H20F3NO/c17-16(18,19)11-6-2-3-7-12(11)21-14-10-13(20)15(14)8-4-1-5-9-15/h2-3,6-7,13-14H,1,4-5,8-10,20H2. The summed E-state index contributed by atoms with van der Waals surface area (Å²) in [6.07, 6.45) is 1.37. The van der Waals surface area contributed by atoms with Gasteiger partial charge in [0.15, 0.2) is 0 Å². The molecule has 2 fully saturated rings. The van der Waals surface area contributed by atoms with Crippen LogP contribution in [-0.4, -0.2) is 12.1 Å². The summed E-state index contributed by atoms with van der Waals surface area (Å²) in [5.41, 5.74) is 5.34. The summed E-state index contributed by atoms with van der Waals surface area (Å²) in [7, 11) is 0. The molecular weight excluding hydrogens is 279 g/mol. The quantitative estimate of drug-likeness (QED) is 0.891. The fourth-order valence-corrected chi connectivity index (χ4v) is 3.80. The van der Waals surface area contributed by atoms with Crippen LogP contribution in [0.2, 0.25) is 0 Å². The highest BCUT2D eigenvalue weighted by Crippen LogP contribution is 2.53. The number of nitrogens with two attached hydrogens (primary N) is 1. The number of benzene rings is 1. The van der Waals surface area contributed by atoms with Gasteiger partial charge in [-0.05, 0) is 25.0 Å². The zero-order chi connectivity index (χ0) is 15.1. The summed E-state index contributed by atoms with van der Waals surface area (Å²) < 4.78 is 44.9. The van der Waals surface area contributed by atoms with Crippen molar-refractivity contribution in [1.29, 1.82) is 0 Å². The van der Waals surface area contributed by atoms with Crippen LogP contribution in [0.25, 0.3) is 0 Å². The van der Waals surface area contributed by atoms with E-state index < -0.39 is 11.7 Å². The Balaban J connectivity index is 1.81. The zero-order valence-corrected chi connectivity index (χ0v) is 11.8. The summed E-state index contributed by atoms with van der Waals surface area (Å²) >= 11 is 0. The van der Waals surface area contributed by atoms with E-state index in [2.05, 4.69) is 0 Å². The lowest BCUT2D eigenvalue weighted by atomic mass is 9.55. The summed E-state index contributed by atoms with van der Waals surface area (Å²) in [6, 6.07) is 5.50. The molecule has 2 atom stereocenters. The van der Waals surface area contributed by atoms with Crippen molar-refractivity contribution in [2.45, 2.75) is 56.8 Å².